The van der Waals surface area contributed by atoms with Gasteiger partial charge in [-0.2, -0.15) is 0 Å². The van der Waals surface area contributed by atoms with Gasteiger partial charge in [0.2, 0.25) is 0 Å². The molecule has 1 N–H and O–H groups in total. The molecule has 7 heteroatoms. The average Bonchev–Trinajstić information content (AvgIpc) is 2.60. The molecule has 0 saturated carbocycles. The average molecular weight is 350 g/mol. The normalized spacial score (nSPS) is 9.92. The molecule has 0 radical (unpaired) electrons. The predicted octanol–water partition coefficient (Wildman–Crippen LogP) is 2.91. The van der Waals surface area contributed by atoms with Crippen molar-refractivity contribution in [1.82, 2.24) is 0 Å². The van der Waals surface area contributed by atoms with Crippen molar-refractivity contribution in [2.75, 3.05) is 25.6 Å². The van der Waals surface area contributed by atoms with Gasteiger partial charge in [-0.1, -0.05) is 23.7 Å². The van der Waals surface area contributed by atoms with Gasteiger partial charge in [-0.15, -0.1) is 0 Å². The highest BCUT2D eigenvalue weighted by molar-refractivity contribution is 6.32. The van der Waals surface area contributed by atoms with Crippen molar-refractivity contribution >= 4 is 29.2 Å². The maximum Gasteiger partial charge on any atom is 0.343 e. The molecule has 0 aromatic heterocycles. The van der Waals surface area contributed by atoms with E-state index in [1.807, 2.05) is 0 Å². The Hall–Kier alpha value is -2.73. The molecule has 0 spiro atoms. The Morgan fingerprint density at radius 3 is 2.38 bits per heavy atom. The minimum Gasteiger partial charge on any atom is -0.482 e. The molecule has 1 amide bonds. The molecule has 0 saturated heterocycles. The zero-order chi connectivity index (χ0) is 17.4. The van der Waals surface area contributed by atoms with E-state index in [1.165, 1.54) is 7.11 Å². The van der Waals surface area contributed by atoms with E-state index in [4.69, 9.17) is 21.1 Å². The summed E-state index contributed by atoms with van der Waals surface area (Å²) in [7, 11) is 1.29. The second-order valence-corrected chi connectivity index (χ2v) is 5.06. The summed E-state index contributed by atoms with van der Waals surface area (Å²) in [6.45, 7) is -0.335. The molecule has 0 unspecified atom stereocenters. The zero-order valence-electron chi connectivity index (χ0n) is 13.0. The fourth-order valence-electron chi connectivity index (χ4n) is 1.74. The van der Waals surface area contributed by atoms with Gasteiger partial charge in [0.05, 0.1) is 12.1 Å². The number of hydrogen-bond donors (Lipinski definition) is 1. The number of amides is 1. The molecule has 0 aliphatic carbocycles. The van der Waals surface area contributed by atoms with Gasteiger partial charge in [-0.05, 0) is 36.4 Å². The van der Waals surface area contributed by atoms with Crippen LogP contribution in [0.25, 0.3) is 0 Å². The first-order valence-corrected chi connectivity index (χ1v) is 7.43. The summed E-state index contributed by atoms with van der Waals surface area (Å²) in [5, 5.41) is 3.12. The number of hydrogen-bond acceptors (Lipinski definition) is 5. The number of carbonyl (C=O) groups is 2. The van der Waals surface area contributed by atoms with Crippen molar-refractivity contribution in [1.29, 1.82) is 0 Å². The SMILES string of the molecule is COC(=O)COc1ccc(NC(=O)COc2ccccc2Cl)cc1. The number of ether oxygens (including phenoxy) is 3. The molecule has 0 fully saturated rings. The highest BCUT2D eigenvalue weighted by Gasteiger charge is 2.07. The lowest BCUT2D eigenvalue weighted by atomic mass is 10.3. The summed E-state index contributed by atoms with van der Waals surface area (Å²) < 4.78 is 15.0. The standard InChI is InChI=1S/C17H16ClNO5/c1-22-17(21)11-23-13-8-6-12(7-9-13)19-16(20)10-24-15-5-3-2-4-14(15)18/h2-9H,10-11H2,1H3,(H,19,20). The molecule has 0 heterocycles. The summed E-state index contributed by atoms with van der Waals surface area (Å²) in [6, 6.07) is 13.5. The third-order valence-corrected chi connectivity index (χ3v) is 3.23. The van der Waals surface area contributed by atoms with Gasteiger partial charge >= 0.3 is 5.97 Å². The van der Waals surface area contributed by atoms with E-state index in [9.17, 15) is 9.59 Å². The molecule has 0 atom stereocenters. The summed E-state index contributed by atoms with van der Waals surface area (Å²) in [5.74, 6) is 0.147. The topological polar surface area (TPSA) is 73.9 Å². The van der Waals surface area contributed by atoms with E-state index in [2.05, 4.69) is 10.1 Å². The van der Waals surface area contributed by atoms with E-state index in [1.54, 1.807) is 48.5 Å². The van der Waals surface area contributed by atoms with Crippen molar-refractivity contribution in [3.05, 3.63) is 53.6 Å². The number of esters is 1. The van der Waals surface area contributed by atoms with Crippen molar-refractivity contribution < 1.29 is 23.8 Å². The van der Waals surface area contributed by atoms with Gasteiger partial charge in [-0.3, -0.25) is 4.79 Å². The fraction of sp³-hybridized carbons (Fsp3) is 0.176. The maximum absolute atomic E-state index is 11.9. The first kappa shape index (κ1) is 17.6. The zero-order valence-corrected chi connectivity index (χ0v) is 13.7. The van der Waals surface area contributed by atoms with E-state index in [-0.39, 0.29) is 19.1 Å². The number of benzene rings is 2. The highest BCUT2D eigenvalue weighted by atomic mass is 35.5. The number of methoxy groups -OCH3 is 1. The van der Waals surface area contributed by atoms with Crippen LogP contribution in [-0.2, 0) is 14.3 Å². The van der Waals surface area contributed by atoms with Crippen LogP contribution in [0.15, 0.2) is 48.5 Å². The smallest absolute Gasteiger partial charge is 0.343 e. The van der Waals surface area contributed by atoms with Crippen LogP contribution in [-0.4, -0.2) is 32.2 Å². The number of anilines is 1. The van der Waals surface area contributed by atoms with Crippen molar-refractivity contribution in [3.63, 3.8) is 0 Å². The Morgan fingerprint density at radius 1 is 1.00 bits per heavy atom. The Balaban J connectivity index is 1.81. The second-order valence-electron chi connectivity index (χ2n) is 4.66. The van der Waals surface area contributed by atoms with Crippen molar-refractivity contribution in [2.24, 2.45) is 0 Å². The summed E-state index contributed by atoms with van der Waals surface area (Å²) in [6.07, 6.45) is 0. The molecule has 6 nitrogen and oxygen atoms in total. The second kappa shape index (κ2) is 8.79. The Morgan fingerprint density at radius 2 is 1.71 bits per heavy atom. The van der Waals surface area contributed by atoms with Crippen LogP contribution in [0.5, 0.6) is 11.5 Å². The molecule has 2 aromatic carbocycles. The van der Waals surface area contributed by atoms with Crippen molar-refractivity contribution in [2.45, 2.75) is 0 Å². The molecule has 2 aromatic rings. The largest absolute Gasteiger partial charge is 0.482 e. The van der Waals surface area contributed by atoms with Crippen LogP contribution >= 0.6 is 11.6 Å². The number of rotatable bonds is 7. The molecule has 0 aliphatic heterocycles. The van der Waals surface area contributed by atoms with E-state index < -0.39 is 5.97 Å². The summed E-state index contributed by atoms with van der Waals surface area (Å²) >= 11 is 5.94. The van der Waals surface area contributed by atoms with Crippen LogP contribution in [0.1, 0.15) is 0 Å². The highest BCUT2D eigenvalue weighted by Crippen LogP contribution is 2.23. The third kappa shape index (κ3) is 5.48. The van der Waals surface area contributed by atoms with Crippen molar-refractivity contribution in [3.8, 4) is 11.5 Å². The monoisotopic (exact) mass is 349 g/mol. The van der Waals surface area contributed by atoms with E-state index in [0.29, 0.717) is 22.2 Å². The molecule has 126 valence electrons. The quantitative estimate of drug-likeness (QED) is 0.778. The number of para-hydroxylation sites is 1. The van der Waals surface area contributed by atoms with Gasteiger partial charge in [0.25, 0.3) is 5.91 Å². The number of carbonyl (C=O) groups excluding carboxylic acids is 2. The molecule has 24 heavy (non-hydrogen) atoms. The van der Waals surface area contributed by atoms with Crippen LogP contribution in [0, 0.1) is 0 Å². The van der Waals surface area contributed by atoms with Crippen LogP contribution in [0.2, 0.25) is 5.02 Å². The Kier molecular flexibility index (Phi) is 6.45. The van der Waals surface area contributed by atoms with Crippen LogP contribution in [0.4, 0.5) is 5.69 Å². The summed E-state index contributed by atoms with van der Waals surface area (Å²) in [5.41, 5.74) is 0.577. The molecular weight excluding hydrogens is 334 g/mol. The van der Waals surface area contributed by atoms with Gasteiger partial charge in [0.15, 0.2) is 13.2 Å². The maximum atomic E-state index is 11.9. The summed E-state index contributed by atoms with van der Waals surface area (Å²) in [4.78, 5) is 22.8. The van der Waals surface area contributed by atoms with E-state index >= 15 is 0 Å². The third-order valence-electron chi connectivity index (χ3n) is 2.92. The van der Waals surface area contributed by atoms with Gasteiger partial charge in [0, 0.05) is 5.69 Å². The lowest BCUT2D eigenvalue weighted by molar-refractivity contribution is -0.142. The number of nitrogens with one attached hydrogen (secondary N) is 1. The van der Waals surface area contributed by atoms with Gasteiger partial charge in [-0.25, -0.2) is 4.79 Å². The van der Waals surface area contributed by atoms with Gasteiger partial charge in [0.1, 0.15) is 11.5 Å². The molecule has 0 aliphatic rings. The first-order valence-electron chi connectivity index (χ1n) is 7.05. The first-order chi connectivity index (χ1) is 11.6. The Labute approximate surface area is 144 Å². The fourth-order valence-corrected chi connectivity index (χ4v) is 1.93. The minimum atomic E-state index is -0.468. The lowest BCUT2D eigenvalue weighted by Crippen LogP contribution is -2.20. The minimum absolute atomic E-state index is 0.162. The van der Waals surface area contributed by atoms with E-state index in [0.717, 1.165) is 0 Å². The molecule has 0 bridgehead atoms. The molecular formula is C17H16ClNO5. The van der Waals surface area contributed by atoms with Crippen LogP contribution < -0.4 is 14.8 Å². The molecule has 2 rings (SSSR count). The van der Waals surface area contributed by atoms with Gasteiger partial charge < -0.3 is 19.5 Å². The Bertz CT molecular complexity index is 702. The number of halogens is 1. The predicted molar refractivity (Wildman–Crippen MR) is 89.5 cm³/mol. The lowest BCUT2D eigenvalue weighted by Gasteiger charge is -2.09. The van der Waals surface area contributed by atoms with Crippen LogP contribution in [0.3, 0.4) is 0 Å².